The Hall–Kier alpha value is -5.27. The first kappa shape index (κ1) is 38.0. The fourth-order valence-electron chi connectivity index (χ4n) is 6.53. The molecule has 2 N–H and O–H groups in total. The number of aromatic nitrogens is 1. The molecule has 2 bridgehead atoms. The highest BCUT2D eigenvalue weighted by molar-refractivity contribution is 5.99. The molecule has 14 heteroatoms. The van der Waals surface area contributed by atoms with Gasteiger partial charge in [-0.15, -0.1) is 0 Å². The third kappa shape index (κ3) is 8.43. The SMILES string of the molecule is CCOc1ccccc1N1CCN(C(=O)[C@@H]2Oc3cc(ccc3OC)C(=O)N[C@@H](C(C)C)CN(C(=O)c3c(CC)noc3C)CC(=O)N[C@H]2C)CC1. The zero-order valence-corrected chi connectivity index (χ0v) is 31.1. The minimum Gasteiger partial charge on any atom is -0.493 e. The summed E-state index contributed by atoms with van der Waals surface area (Å²) in [7, 11) is 1.48. The summed E-state index contributed by atoms with van der Waals surface area (Å²) in [4.78, 5) is 61.2. The third-order valence-electron chi connectivity index (χ3n) is 9.51. The summed E-state index contributed by atoms with van der Waals surface area (Å²) in [5.41, 5.74) is 2.01. The van der Waals surface area contributed by atoms with Gasteiger partial charge in [0.15, 0.2) is 17.6 Å². The Morgan fingerprint density at radius 1 is 1.00 bits per heavy atom. The van der Waals surface area contributed by atoms with Crippen molar-refractivity contribution in [1.82, 2.24) is 25.6 Å². The van der Waals surface area contributed by atoms with E-state index in [0.717, 1.165) is 11.4 Å². The van der Waals surface area contributed by atoms with Crippen LogP contribution < -0.4 is 29.7 Å². The quantitative estimate of drug-likeness (QED) is 0.354. The second kappa shape index (κ2) is 16.8. The maximum atomic E-state index is 14.3. The zero-order valence-electron chi connectivity index (χ0n) is 31.1. The maximum absolute atomic E-state index is 14.3. The highest BCUT2D eigenvalue weighted by atomic mass is 16.5. The van der Waals surface area contributed by atoms with Crippen molar-refractivity contribution in [2.75, 3.05) is 57.9 Å². The van der Waals surface area contributed by atoms with E-state index in [9.17, 15) is 19.2 Å². The molecule has 3 atom stereocenters. The minimum atomic E-state index is -1.19. The van der Waals surface area contributed by atoms with E-state index in [1.165, 1.54) is 18.1 Å². The number of para-hydroxylation sites is 2. The van der Waals surface area contributed by atoms with Gasteiger partial charge >= 0.3 is 0 Å². The number of benzene rings is 2. The fraction of sp³-hybridized carbons (Fsp3) is 0.500. The number of piperazine rings is 1. The summed E-state index contributed by atoms with van der Waals surface area (Å²) < 4.78 is 23.2. The van der Waals surface area contributed by atoms with Crippen molar-refractivity contribution in [2.24, 2.45) is 5.92 Å². The van der Waals surface area contributed by atoms with Crippen LogP contribution >= 0.6 is 0 Å². The van der Waals surface area contributed by atoms with Crippen molar-refractivity contribution in [3.05, 3.63) is 65.0 Å². The minimum absolute atomic E-state index is 0.0381. The van der Waals surface area contributed by atoms with E-state index in [-0.39, 0.29) is 41.8 Å². The number of aryl methyl sites for hydroxylation is 2. The van der Waals surface area contributed by atoms with E-state index in [1.807, 2.05) is 52.0 Å². The monoisotopic (exact) mass is 718 g/mol. The van der Waals surface area contributed by atoms with Gasteiger partial charge in [0, 0.05) is 44.3 Å². The summed E-state index contributed by atoms with van der Waals surface area (Å²) >= 11 is 0. The molecular formula is C38H50N6O8. The van der Waals surface area contributed by atoms with Crippen LogP contribution in [0.1, 0.15) is 66.8 Å². The zero-order chi connectivity index (χ0) is 37.5. The summed E-state index contributed by atoms with van der Waals surface area (Å²) in [6.07, 6.45) is -0.741. The molecule has 5 rings (SSSR count). The number of carbonyl (C=O) groups is 4. The fourth-order valence-corrected chi connectivity index (χ4v) is 6.53. The van der Waals surface area contributed by atoms with E-state index in [2.05, 4.69) is 20.7 Å². The number of amides is 4. The van der Waals surface area contributed by atoms with Gasteiger partial charge in [0.2, 0.25) is 5.91 Å². The van der Waals surface area contributed by atoms with E-state index in [4.69, 9.17) is 18.7 Å². The highest BCUT2D eigenvalue weighted by Gasteiger charge is 2.37. The molecule has 1 fully saturated rings. The molecule has 280 valence electrons. The lowest BCUT2D eigenvalue weighted by Gasteiger charge is -2.39. The Kier molecular flexibility index (Phi) is 12.3. The van der Waals surface area contributed by atoms with Gasteiger partial charge in [0.05, 0.1) is 37.7 Å². The lowest BCUT2D eigenvalue weighted by Crippen LogP contribution is -2.58. The van der Waals surface area contributed by atoms with Gasteiger partial charge in [-0.25, -0.2) is 0 Å². The second-order valence-electron chi connectivity index (χ2n) is 13.4. The normalized spacial score (nSPS) is 20.1. The Bertz CT molecular complexity index is 1750. The topological polar surface area (TPSA) is 156 Å². The number of anilines is 1. The van der Waals surface area contributed by atoms with Gasteiger partial charge in [-0.2, -0.15) is 0 Å². The number of nitrogens with one attached hydrogen (secondary N) is 2. The Morgan fingerprint density at radius 3 is 2.40 bits per heavy atom. The molecule has 2 aliphatic heterocycles. The molecule has 4 amide bonds. The first-order valence-corrected chi connectivity index (χ1v) is 17.9. The molecule has 3 aromatic rings. The molecule has 0 radical (unpaired) electrons. The first-order valence-electron chi connectivity index (χ1n) is 17.9. The Morgan fingerprint density at radius 2 is 1.73 bits per heavy atom. The number of methoxy groups -OCH3 is 1. The van der Waals surface area contributed by atoms with E-state index in [0.29, 0.717) is 56.4 Å². The first-order chi connectivity index (χ1) is 24.9. The maximum Gasteiger partial charge on any atom is 0.265 e. The number of carbonyl (C=O) groups excluding carboxylic acids is 4. The van der Waals surface area contributed by atoms with Crippen LogP contribution in [0, 0.1) is 12.8 Å². The van der Waals surface area contributed by atoms with Crippen LogP contribution in [0.2, 0.25) is 0 Å². The van der Waals surface area contributed by atoms with Gasteiger partial charge in [-0.05, 0) is 63.4 Å². The molecule has 2 aromatic carbocycles. The number of hydrogen-bond donors (Lipinski definition) is 2. The molecule has 0 saturated carbocycles. The average Bonchev–Trinajstić information content (AvgIpc) is 3.52. The van der Waals surface area contributed by atoms with Crippen LogP contribution in [0.3, 0.4) is 0 Å². The van der Waals surface area contributed by atoms with Crippen molar-refractivity contribution in [3.63, 3.8) is 0 Å². The van der Waals surface area contributed by atoms with Gasteiger partial charge < -0.3 is 44.1 Å². The largest absolute Gasteiger partial charge is 0.493 e. The number of rotatable bonds is 8. The van der Waals surface area contributed by atoms with E-state index < -0.39 is 35.9 Å². The van der Waals surface area contributed by atoms with Crippen molar-refractivity contribution in [1.29, 1.82) is 0 Å². The molecule has 1 saturated heterocycles. The average molecular weight is 719 g/mol. The van der Waals surface area contributed by atoms with Crippen molar-refractivity contribution in [3.8, 4) is 17.2 Å². The molecular weight excluding hydrogens is 668 g/mol. The molecule has 2 aliphatic rings. The van der Waals surface area contributed by atoms with E-state index in [1.54, 1.807) is 30.9 Å². The molecule has 0 spiro atoms. The van der Waals surface area contributed by atoms with Crippen molar-refractivity contribution in [2.45, 2.75) is 66.2 Å². The summed E-state index contributed by atoms with van der Waals surface area (Å²) in [6, 6.07) is 11.2. The highest BCUT2D eigenvalue weighted by Crippen LogP contribution is 2.32. The van der Waals surface area contributed by atoms with Gasteiger partial charge in [-0.3, -0.25) is 19.2 Å². The molecule has 0 aliphatic carbocycles. The molecule has 14 nitrogen and oxygen atoms in total. The van der Waals surface area contributed by atoms with Gasteiger partial charge in [0.25, 0.3) is 17.7 Å². The molecule has 1 aromatic heterocycles. The predicted molar refractivity (Wildman–Crippen MR) is 194 cm³/mol. The smallest absolute Gasteiger partial charge is 0.265 e. The second-order valence-corrected chi connectivity index (χ2v) is 13.4. The number of fused-ring (bicyclic) bond motifs is 2. The van der Waals surface area contributed by atoms with Crippen molar-refractivity contribution >= 4 is 29.3 Å². The summed E-state index contributed by atoms with van der Waals surface area (Å²) in [5.74, 6) is -0.162. The van der Waals surface area contributed by atoms with Crippen LogP contribution in [0.5, 0.6) is 17.2 Å². The predicted octanol–water partition coefficient (Wildman–Crippen LogP) is 3.46. The Labute approximate surface area is 304 Å². The van der Waals surface area contributed by atoms with Crippen LogP contribution in [0.15, 0.2) is 47.0 Å². The summed E-state index contributed by atoms with van der Waals surface area (Å²) in [6.45, 7) is 13.1. The lowest BCUT2D eigenvalue weighted by atomic mass is 10.0. The van der Waals surface area contributed by atoms with Crippen LogP contribution in [0.25, 0.3) is 0 Å². The lowest BCUT2D eigenvalue weighted by molar-refractivity contribution is -0.140. The number of nitrogens with zero attached hydrogens (tertiary/aromatic N) is 4. The molecule has 0 unspecified atom stereocenters. The van der Waals surface area contributed by atoms with Crippen LogP contribution in [0.4, 0.5) is 5.69 Å². The van der Waals surface area contributed by atoms with Crippen LogP contribution in [-0.2, 0) is 16.0 Å². The Balaban J connectivity index is 1.46. The third-order valence-corrected chi connectivity index (χ3v) is 9.51. The van der Waals surface area contributed by atoms with E-state index >= 15 is 0 Å². The molecule has 52 heavy (non-hydrogen) atoms. The standard InChI is InChI=1S/C38H50N6O8/c1-8-27-34(25(6)52-41-27)37(47)44-21-28(23(3)4)40-36(46)26-14-15-31(49-7)32(20-26)51-35(24(5)39-33(45)22-44)38(48)43-18-16-42(17-19-43)29-12-10-11-13-30(29)50-9-2/h10-15,20,23-24,28,35H,8-9,16-19,21-22H2,1-7H3,(H,39,45)(H,40,46)/t24-,28+,35+/m0/s1. The number of ether oxygens (including phenoxy) is 3. The van der Waals surface area contributed by atoms with Crippen LogP contribution in [-0.4, -0.2) is 110 Å². The van der Waals surface area contributed by atoms with Crippen molar-refractivity contribution < 1.29 is 37.9 Å². The summed E-state index contributed by atoms with van der Waals surface area (Å²) in [5, 5.41) is 10.0. The molecule has 3 heterocycles. The van der Waals surface area contributed by atoms with Gasteiger partial charge in [-0.1, -0.05) is 38.1 Å². The van der Waals surface area contributed by atoms with Gasteiger partial charge in [0.1, 0.15) is 17.1 Å². The number of hydrogen-bond acceptors (Lipinski definition) is 10.